The van der Waals surface area contributed by atoms with Crippen LogP contribution in [0.25, 0.3) is 0 Å². The van der Waals surface area contributed by atoms with Crippen molar-refractivity contribution in [3.8, 4) is 0 Å². The maximum absolute atomic E-state index is 14.8. The summed E-state index contributed by atoms with van der Waals surface area (Å²) in [4.78, 5) is 16.9. The monoisotopic (exact) mass is 414 g/mol. The van der Waals surface area contributed by atoms with Gasteiger partial charge < -0.3 is 5.32 Å². The van der Waals surface area contributed by atoms with Gasteiger partial charge in [0.25, 0.3) is 5.91 Å². The highest BCUT2D eigenvalue weighted by Crippen LogP contribution is 2.43. The average Bonchev–Trinajstić information content (AvgIpc) is 3.43. The Labute approximate surface area is 172 Å². The van der Waals surface area contributed by atoms with Gasteiger partial charge in [0, 0.05) is 16.0 Å². The number of anilines is 1. The minimum absolute atomic E-state index is 0.105. The highest BCUT2D eigenvalue weighted by Gasteiger charge is 2.32. The van der Waals surface area contributed by atoms with Crippen LogP contribution >= 0.6 is 22.7 Å². The van der Waals surface area contributed by atoms with Gasteiger partial charge in [-0.05, 0) is 62.9 Å². The summed E-state index contributed by atoms with van der Waals surface area (Å²) < 4.78 is 14.8. The van der Waals surface area contributed by atoms with Crippen LogP contribution < -0.4 is 5.32 Å². The van der Waals surface area contributed by atoms with Crippen molar-refractivity contribution < 1.29 is 9.18 Å². The summed E-state index contributed by atoms with van der Waals surface area (Å²) in [6.45, 7) is 6.01. The van der Waals surface area contributed by atoms with Crippen LogP contribution in [-0.2, 0) is 0 Å². The first-order valence-corrected chi connectivity index (χ1v) is 11.2. The van der Waals surface area contributed by atoms with Gasteiger partial charge >= 0.3 is 0 Å². The quantitative estimate of drug-likeness (QED) is 0.555. The molecule has 1 aliphatic rings. The predicted octanol–water partition coefficient (Wildman–Crippen LogP) is 6.00. The summed E-state index contributed by atoms with van der Waals surface area (Å²) in [6, 6.07) is 10.5. The lowest BCUT2D eigenvalue weighted by atomic mass is 9.94. The van der Waals surface area contributed by atoms with Crippen LogP contribution in [-0.4, -0.2) is 23.9 Å². The molecule has 1 aliphatic heterocycles. The molecule has 1 aromatic carbocycles. The van der Waals surface area contributed by atoms with Crippen molar-refractivity contribution in [2.24, 2.45) is 0 Å². The summed E-state index contributed by atoms with van der Waals surface area (Å²) in [5.74, 6) is -0.301. The van der Waals surface area contributed by atoms with Crippen molar-refractivity contribution in [2.75, 3.05) is 18.4 Å². The van der Waals surface area contributed by atoms with Gasteiger partial charge in [0.05, 0.1) is 10.9 Å². The molecule has 28 heavy (non-hydrogen) atoms. The zero-order chi connectivity index (χ0) is 19.7. The van der Waals surface area contributed by atoms with E-state index in [1.807, 2.05) is 29.6 Å². The van der Waals surface area contributed by atoms with E-state index in [2.05, 4.69) is 24.1 Å². The van der Waals surface area contributed by atoms with Crippen molar-refractivity contribution in [2.45, 2.75) is 32.7 Å². The van der Waals surface area contributed by atoms with E-state index in [-0.39, 0.29) is 17.8 Å². The van der Waals surface area contributed by atoms with E-state index in [1.165, 1.54) is 17.4 Å². The molecular formula is C22H23FN2OS2. The summed E-state index contributed by atoms with van der Waals surface area (Å²) in [6.07, 6.45) is 2.23. The number of likely N-dealkylation sites (tertiary alicyclic amines) is 1. The summed E-state index contributed by atoms with van der Waals surface area (Å²) >= 11 is 3.00. The van der Waals surface area contributed by atoms with Gasteiger partial charge in [-0.15, -0.1) is 22.7 Å². The van der Waals surface area contributed by atoms with E-state index in [1.54, 1.807) is 17.4 Å². The minimum Gasteiger partial charge on any atom is -0.313 e. The summed E-state index contributed by atoms with van der Waals surface area (Å²) in [5.41, 5.74) is 2.84. The zero-order valence-electron chi connectivity index (χ0n) is 16.0. The van der Waals surface area contributed by atoms with Gasteiger partial charge in [-0.1, -0.05) is 24.3 Å². The second-order valence-electron chi connectivity index (χ2n) is 7.12. The average molecular weight is 415 g/mol. The lowest BCUT2D eigenvalue weighted by Gasteiger charge is -2.30. The Hall–Kier alpha value is -2.02. The third kappa shape index (κ3) is 3.64. The van der Waals surface area contributed by atoms with E-state index < -0.39 is 0 Å². The number of amides is 1. The number of thiophene rings is 2. The molecule has 0 bridgehead atoms. The number of nitrogens with one attached hydrogen (secondary N) is 1. The highest BCUT2D eigenvalue weighted by atomic mass is 32.1. The van der Waals surface area contributed by atoms with E-state index in [0.29, 0.717) is 10.4 Å². The number of halogens is 1. The Bertz CT molecular complexity index is 975. The molecular weight excluding hydrogens is 391 g/mol. The first-order chi connectivity index (χ1) is 13.6. The SMILES string of the molecule is Cc1sc(NC(=O)c2cccs2)c([C@@H](c2ccccc2F)N2CCCC2)c1C. The predicted molar refractivity (Wildman–Crippen MR) is 115 cm³/mol. The van der Waals surface area contributed by atoms with Crippen LogP contribution in [0.4, 0.5) is 9.39 Å². The van der Waals surface area contributed by atoms with Crippen LogP contribution in [0.2, 0.25) is 0 Å². The Morgan fingerprint density at radius 1 is 1.14 bits per heavy atom. The maximum atomic E-state index is 14.8. The van der Waals surface area contributed by atoms with E-state index >= 15 is 0 Å². The lowest BCUT2D eigenvalue weighted by molar-refractivity contribution is 0.103. The van der Waals surface area contributed by atoms with Crippen molar-refractivity contribution in [3.05, 3.63) is 74.0 Å². The molecule has 6 heteroatoms. The van der Waals surface area contributed by atoms with Crippen LogP contribution in [0.5, 0.6) is 0 Å². The molecule has 1 amide bonds. The number of rotatable bonds is 5. The molecule has 0 aliphatic carbocycles. The first-order valence-electron chi connectivity index (χ1n) is 9.49. The zero-order valence-corrected chi connectivity index (χ0v) is 17.6. The van der Waals surface area contributed by atoms with Gasteiger partial charge in [-0.3, -0.25) is 9.69 Å². The Kier molecular flexibility index (Phi) is 5.62. The molecule has 3 aromatic rings. The molecule has 2 aromatic heterocycles. The molecule has 1 fully saturated rings. The molecule has 1 saturated heterocycles. The largest absolute Gasteiger partial charge is 0.313 e. The first kappa shape index (κ1) is 19.3. The van der Waals surface area contributed by atoms with Crippen molar-refractivity contribution in [3.63, 3.8) is 0 Å². The lowest BCUT2D eigenvalue weighted by Crippen LogP contribution is -2.28. The van der Waals surface area contributed by atoms with Crippen molar-refractivity contribution >= 4 is 33.6 Å². The van der Waals surface area contributed by atoms with Crippen molar-refractivity contribution in [1.82, 2.24) is 4.90 Å². The molecule has 0 radical (unpaired) electrons. The summed E-state index contributed by atoms with van der Waals surface area (Å²) in [5, 5.41) is 5.83. The van der Waals surface area contributed by atoms with Gasteiger partial charge in [0.1, 0.15) is 10.8 Å². The van der Waals surface area contributed by atoms with Gasteiger partial charge in [0.2, 0.25) is 0 Å². The summed E-state index contributed by atoms with van der Waals surface area (Å²) in [7, 11) is 0. The van der Waals surface area contributed by atoms with Crippen LogP contribution in [0.1, 0.15) is 50.1 Å². The topological polar surface area (TPSA) is 32.3 Å². The van der Waals surface area contributed by atoms with Crippen LogP contribution in [0.15, 0.2) is 41.8 Å². The van der Waals surface area contributed by atoms with Crippen LogP contribution in [0.3, 0.4) is 0 Å². The fourth-order valence-corrected chi connectivity index (χ4v) is 5.58. The van der Waals surface area contributed by atoms with Crippen molar-refractivity contribution in [1.29, 1.82) is 0 Å². The van der Waals surface area contributed by atoms with E-state index in [9.17, 15) is 9.18 Å². The molecule has 4 rings (SSSR count). The number of carbonyl (C=O) groups excluding carboxylic acids is 1. The normalized spacial score (nSPS) is 15.7. The number of nitrogens with zero attached hydrogens (tertiary/aromatic N) is 1. The van der Waals surface area contributed by atoms with E-state index in [4.69, 9.17) is 0 Å². The molecule has 3 nitrogen and oxygen atoms in total. The fourth-order valence-electron chi connectivity index (χ4n) is 3.87. The minimum atomic E-state index is -0.196. The van der Waals surface area contributed by atoms with Gasteiger partial charge in [-0.2, -0.15) is 0 Å². The highest BCUT2D eigenvalue weighted by molar-refractivity contribution is 7.17. The molecule has 0 saturated carbocycles. The molecule has 0 unspecified atom stereocenters. The number of hydrogen-bond acceptors (Lipinski definition) is 4. The Morgan fingerprint density at radius 2 is 1.89 bits per heavy atom. The second kappa shape index (κ2) is 8.15. The second-order valence-corrected chi connectivity index (χ2v) is 9.30. The molecule has 3 heterocycles. The number of hydrogen-bond donors (Lipinski definition) is 1. The Morgan fingerprint density at radius 3 is 2.57 bits per heavy atom. The Balaban J connectivity index is 1.80. The smallest absolute Gasteiger partial charge is 0.266 e. The van der Waals surface area contributed by atoms with Crippen LogP contribution in [0, 0.1) is 19.7 Å². The fraction of sp³-hybridized carbons (Fsp3) is 0.318. The molecule has 146 valence electrons. The van der Waals surface area contributed by atoms with Gasteiger partial charge in [0.15, 0.2) is 0 Å². The van der Waals surface area contributed by atoms with E-state index in [0.717, 1.165) is 46.9 Å². The maximum Gasteiger partial charge on any atom is 0.266 e. The molecule has 1 N–H and O–H groups in total. The van der Waals surface area contributed by atoms with Gasteiger partial charge in [-0.25, -0.2) is 4.39 Å². The number of carbonyl (C=O) groups is 1. The third-order valence-electron chi connectivity index (χ3n) is 5.38. The molecule has 1 atom stereocenters. The molecule has 0 spiro atoms. The number of aryl methyl sites for hydroxylation is 1. The standard InChI is InChI=1S/C22H23FN2OS2/c1-14-15(2)28-22(24-21(26)18-10-7-13-27-18)19(14)20(25-11-5-6-12-25)16-8-3-4-9-17(16)23/h3-4,7-10,13,20H,5-6,11-12H2,1-2H3,(H,24,26)/t20-/m1/s1. The third-order valence-corrected chi connectivity index (χ3v) is 7.39. The number of benzene rings is 1.